The summed E-state index contributed by atoms with van der Waals surface area (Å²) in [5.41, 5.74) is 1.75. The van der Waals surface area contributed by atoms with Crippen LogP contribution in [0.3, 0.4) is 0 Å². The fourth-order valence-electron chi connectivity index (χ4n) is 2.76. The van der Waals surface area contributed by atoms with Crippen molar-refractivity contribution in [2.45, 2.75) is 13.0 Å². The van der Waals surface area contributed by atoms with Gasteiger partial charge in [0.15, 0.2) is 0 Å². The van der Waals surface area contributed by atoms with Gasteiger partial charge in [-0.25, -0.2) is 0 Å². The normalized spacial score (nSPS) is 19.4. The van der Waals surface area contributed by atoms with E-state index in [9.17, 15) is 4.79 Å². The van der Waals surface area contributed by atoms with Gasteiger partial charge in [-0.3, -0.25) is 9.69 Å². The van der Waals surface area contributed by atoms with Crippen molar-refractivity contribution in [1.82, 2.24) is 15.0 Å². The Morgan fingerprint density at radius 2 is 2.14 bits per heavy atom. The third-order valence-corrected chi connectivity index (χ3v) is 4.38. The smallest absolute Gasteiger partial charge is 0.292 e. The van der Waals surface area contributed by atoms with E-state index < -0.39 is 0 Å². The average Bonchev–Trinajstić information content (AvgIpc) is 2.94. The second-order valence-corrected chi connectivity index (χ2v) is 6.01. The lowest BCUT2D eigenvalue weighted by molar-refractivity contribution is 0.0509. The number of aromatic nitrogens is 1. The number of hydrogen-bond donors (Lipinski definition) is 0. The number of benzene rings is 1. The molecule has 0 bridgehead atoms. The lowest BCUT2D eigenvalue weighted by Crippen LogP contribution is -2.49. The summed E-state index contributed by atoms with van der Waals surface area (Å²) in [6, 6.07) is 9.52. The molecule has 1 aliphatic rings. The maximum Gasteiger partial charge on any atom is 0.292 e. The summed E-state index contributed by atoms with van der Waals surface area (Å²) in [7, 11) is 2.05. The van der Waals surface area contributed by atoms with Crippen LogP contribution in [-0.4, -0.2) is 47.5 Å². The number of likely N-dealkylation sites (N-methyl/N-ethyl adjacent to an activating group) is 1. The Morgan fingerprint density at radius 3 is 2.82 bits per heavy atom. The topological polar surface area (TPSA) is 49.6 Å². The quantitative estimate of drug-likeness (QED) is 0.854. The minimum atomic E-state index is -0.120. The maximum absolute atomic E-state index is 12.5. The summed E-state index contributed by atoms with van der Waals surface area (Å²) in [6.07, 6.45) is 0. The molecule has 0 aliphatic carbocycles. The Hall–Kier alpha value is -1.85. The molecule has 1 amide bonds. The van der Waals surface area contributed by atoms with Crippen LogP contribution in [0.25, 0.3) is 0 Å². The Balaban J connectivity index is 1.82. The molecule has 22 heavy (non-hydrogen) atoms. The molecule has 1 unspecified atom stereocenters. The van der Waals surface area contributed by atoms with E-state index in [1.54, 1.807) is 17.9 Å². The highest BCUT2D eigenvalue weighted by atomic mass is 35.5. The van der Waals surface area contributed by atoms with Crippen molar-refractivity contribution < 1.29 is 9.32 Å². The van der Waals surface area contributed by atoms with Gasteiger partial charge < -0.3 is 9.42 Å². The molecule has 1 atom stereocenters. The van der Waals surface area contributed by atoms with Crippen LogP contribution >= 0.6 is 11.6 Å². The zero-order valence-corrected chi connectivity index (χ0v) is 13.4. The monoisotopic (exact) mass is 319 g/mol. The number of hydrogen-bond acceptors (Lipinski definition) is 4. The van der Waals surface area contributed by atoms with E-state index in [4.69, 9.17) is 16.1 Å². The van der Waals surface area contributed by atoms with Crippen molar-refractivity contribution in [3.63, 3.8) is 0 Å². The summed E-state index contributed by atoms with van der Waals surface area (Å²) in [6.45, 7) is 3.83. The standard InChI is InChI=1S/C16H18ClN3O2/c1-11-9-15(22-18-11)16(21)20-8-7-19(2)14(10-20)12-5-3-4-6-13(12)17/h3-6,9,14H,7-8,10H2,1-2H3. The summed E-state index contributed by atoms with van der Waals surface area (Å²) < 4.78 is 5.09. The minimum absolute atomic E-state index is 0.0791. The molecule has 2 aromatic rings. The van der Waals surface area contributed by atoms with Crippen molar-refractivity contribution in [1.29, 1.82) is 0 Å². The van der Waals surface area contributed by atoms with E-state index in [2.05, 4.69) is 17.1 Å². The molecule has 1 aromatic heterocycles. The van der Waals surface area contributed by atoms with E-state index in [0.29, 0.717) is 24.5 Å². The molecular weight excluding hydrogens is 302 g/mol. The lowest BCUT2D eigenvalue weighted by atomic mass is 10.0. The first kappa shape index (κ1) is 15.1. The first-order chi connectivity index (χ1) is 10.6. The molecule has 1 aliphatic heterocycles. The lowest BCUT2D eigenvalue weighted by Gasteiger charge is -2.39. The molecule has 0 spiro atoms. The molecule has 1 saturated heterocycles. The Bertz CT molecular complexity index is 686. The molecule has 1 fully saturated rings. The Labute approximate surface area is 134 Å². The van der Waals surface area contributed by atoms with Crippen LogP contribution in [0, 0.1) is 6.92 Å². The van der Waals surface area contributed by atoms with Gasteiger partial charge in [0.2, 0.25) is 5.76 Å². The largest absolute Gasteiger partial charge is 0.351 e. The molecule has 1 aromatic carbocycles. The van der Waals surface area contributed by atoms with Crippen molar-refractivity contribution in [3.8, 4) is 0 Å². The molecule has 0 N–H and O–H groups in total. The van der Waals surface area contributed by atoms with Gasteiger partial charge in [0.1, 0.15) is 0 Å². The SMILES string of the molecule is Cc1cc(C(=O)N2CCN(C)C(c3ccccc3Cl)C2)on1. The number of halogens is 1. The average molecular weight is 320 g/mol. The number of piperazine rings is 1. The van der Waals surface area contributed by atoms with Crippen LogP contribution in [0.1, 0.15) is 27.9 Å². The number of nitrogens with zero attached hydrogens (tertiary/aromatic N) is 3. The summed E-state index contributed by atoms with van der Waals surface area (Å²) in [5.74, 6) is 0.172. The van der Waals surface area contributed by atoms with E-state index in [-0.39, 0.29) is 11.9 Å². The van der Waals surface area contributed by atoms with Gasteiger partial charge in [-0.15, -0.1) is 0 Å². The van der Waals surface area contributed by atoms with E-state index >= 15 is 0 Å². The molecule has 116 valence electrons. The zero-order valence-electron chi connectivity index (χ0n) is 12.6. The Morgan fingerprint density at radius 1 is 1.36 bits per heavy atom. The fraction of sp³-hybridized carbons (Fsp3) is 0.375. The second kappa shape index (κ2) is 6.10. The Kier molecular flexibility index (Phi) is 4.18. The fourth-order valence-corrected chi connectivity index (χ4v) is 3.02. The summed E-state index contributed by atoms with van der Waals surface area (Å²) in [4.78, 5) is 16.5. The highest BCUT2D eigenvalue weighted by Gasteiger charge is 2.31. The van der Waals surface area contributed by atoms with Gasteiger partial charge in [-0.1, -0.05) is 35.0 Å². The highest BCUT2D eigenvalue weighted by Crippen LogP contribution is 2.30. The van der Waals surface area contributed by atoms with Crippen LogP contribution in [0.4, 0.5) is 0 Å². The van der Waals surface area contributed by atoms with Gasteiger partial charge >= 0.3 is 0 Å². The van der Waals surface area contributed by atoms with Crippen LogP contribution in [0.2, 0.25) is 5.02 Å². The molecule has 0 saturated carbocycles. The molecule has 0 radical (unpaired) electrons. The van der Waals surface area contributed by atoms with Crippen LogP contribution in [0.15, 0.2) is 34.9 Å². The van der Waals surface area contributed by atoms with Gasteiger partial charge in [0, 0.05) is 30.7 Å². The van der Waals surface area contributed by atoms with E-state index in [1.807, 2.05) is 24.3 Å². The van der Waals surface area contributed by atoms with Crippen molar-refractivity contribution in [2.24, 2.45) is 0 Å². The predicted octanol–water partition coefficient (Wildman–Crippen LogP) is 2.77. The second-order valence-electron chi connectivity index (χ2n) is 5.60. The first-order valence-electron chi connectivity index (χ1n) is 7.23. The molecule has 2 heterocycles. The number of rotatable bonds is 2. The van der Waals surface area contributed by atoms with Crippen LogP contribution in [0.5, 0.6) is 0 Å². The third kappa shape index (κ3) is 2.87. The predicted molar refractivity (Wildman–Crippen MR) is 84.0 cm³/mol. The first-order valence-corrected chi connectivity index (χ1v) is 7.61. The van der Waals surface area contributed by atoms with Crippen molar-refractivity contribution in [3.05, 3.63) is 52.4 Å². The molecular formula is C16H18ClN3O2. The summed E-state index contributed by atoms with van der Waals surface area (Å²) >= 11 is 6.31. The van der Waals surface area contributed by atoms with Crippen LogP contribution < -0.4 is 0 Å². The number of amides is 1. The number of carbonyl (C=O) groups is 1. The minimum Gasteiger partial charge on any atom is -0.351 e. The third-order valence-electron chi connectivity index (χ3n) is 4.04. The van der Waals surface area contributed by atoms with Gasteiger partial charge in [-0.2, -0.15) is 0 Å². The molecule has 5 nitrogen and oxygen atoms in total. The van der Waals surface area contributed by atoms with E-state index in [0.717, 1.165) is 17.1 Å². The zero-order chi connectivity index (χ0) is 15.7. The molecule has 3 rings (SSSR count). The van der Waals surface area contributed by atoms with Crippen molar-refractivity contribution in [2.75, 3.05) is 26.7 Å². The number of carbonyl (C=O) groups excluding carboxylic acids is 1. The molecule has 6 heteroatoms. The van der Waals surface area contributed by atoms with Gasteiger partial charge in [-0.05, 0) is 25.6 Å². The van der Waals surface area contributed by atoms with Crippen LogP contribution in [-0.2, 0) is 0 Å². The highest BCUT2D eigenvalue weighted by molar-refractivity contribution is 6.31. The van der Waals surface area contributed by atoms with Gasteiger partial charge in [0.25, 0.3) is 5.91 Å². The summed E-state index contributed by atoms with van der Waals surface area (Å²) in [5, 5.41) is 4.51. The van der Waals surface area contributed by atoms with Gasteiger partial charge in [0.05, 0.1) is 11.7 Å². The van der Waals surface area contributed by atoms with E-state index in [1.165, 1.54) is 0 Å². The maximum atomic E-state index is 12.5. The number of aryl methyl sites for hydroxylation is 1. The van der Waals surface area contributed by atoms with Crippen molar-refractivity contribution >= 4 is 17.5 Å².